The molecule has 134 valence electrons. The SMILES string of the molecule is CCCCC(CC)CCCCCCCCCCCCCCO. The number of rotatable bonds is 18. The van der Waals surface area contributed by atoms with E-state index in [9.17, 15) is 0 Å². The second kappa shape index (κ2) is 19.0. The Morgan fingerprint density at radius 3 is 1.36 bits per heavy atom. The molecular weight excluding hydrogens is 268 g/mol. The molecular formula is C21H44O. The number of aliphatic hydroxyl groups is 1. The summed E-state index contributed by atoms with van der Waals surface area (Å²) in [6.45, 7) is 5.05. The van der Waals surface area contributed by atoms with Gasteiger partial charge in [0.05, 0.1) is 0 Å². The van der Waals surface area contributed by atoms with Crippen LogP contribution >= 0.6 is 0 Å². The number of unbranched alkanes of at least 4 members (excludes halogenated alkanes) is 12. The van der Waals surface area contributed by atoms with Gasteiger partial charge in [-0.3, -0.25) is 0 Å². The molecule has 1 nitrogen and oxygen atoms in total. The van der Waals surface area contributed by atoms with Crippen molar-refractivity contribution in [1.82, 2.24) is 0 Å². The van der Waals surface area contributed by atoms with Crippen LogP contribution in [0.3, 0.4) is 0 Å². The Balaban J connectivity index is 3.13. The smallest absolute Gasteiger partial charge is 0.0431 e. The summed E-state index contributed by atoms with van der Waals surface area (Å²) in [6.07, 6.45) is 23.6. The molecule has 1 heteroatoms. The number of hydrogen-bond acceptors (Lipinski definition) is 1. The maximum atomic E-state index is 8.71. The van der Waals surface area contributed by atoms with Crippen molar-refractivity contribution >= 4 is 0 Å². The van der Waals surface area contributed by atoms with Gasteiger partial charge in [-0.05, 0) is 12.3 Å². The number of aliphatic hydroxyl groups excluding tert-OH is 1. The Hall–Kier alpha value is -0.0400. The minimum atomic E-state index is 0.373. The predicted octanol–water partition coefficient (Wildman–Crippen LogP) is 7.27. The minimum absolute atomic E-state index is 0.373. The first-order valence-electron chi connectivity index (χ1n) is 10.5. The molecule has 0 aliphatic carbocycles. The summed E-state index contributed by atoms with van der Waals surface area (Å²) in [7, 11) is 0. The second-order valence-electron chi connectivity index (χ2n) is 7.17. The molecule has 0 fully saturated rings. The Labute approximate surface area is 141 Å². The molecule has 0 rings (SSSR count). The molecule has 0 spiro atoms. The van der Waals surface area contributed by atoms with Crippen molar-refractivity contribution in [2.75, 3.05) is 6.61 Å². The van der Waals surface area contributed by atoms with Crippen molar-refractivity contribution in [1.29, 1.82) is 0 Å². The van der Waals surface area contributed by atoms with Gasteiger partial charge in [0.15, 0.2) is 0 Å². The zero-order valence-electron chi connectivity index (χ0n) is 15.8. The summed E-state index contributed by atoms with van der Waals surface area (Å²) in [5, 5.41) is 8.71. The third kappa shape index (κ3) is 16.3. The van der Waals surface area contributed by atoms with Gasteiger partial charge in [-0.25, -0.2) is 0 Å². The fraction of sp³-hybridized carbons (Fsp3) is 1.00. The van der Waals surface area contributed by atoms with Crippen molar-refractivity contribution in [3.63, 3.8) is 0 Å². The monoisotopic (exact) mass is 312 g/mol. The van der Waals surface area contributed by atoms with Crippen LogP contribution in [0.15, 0.2) is 0 Å². The first kappa shape index (κ1) is 22.0. The normalized spacial score (nSPS) is 12.7. The zero-order chi connectivity index (χ0) is 16.3. The molecule has 0 heterocycles. The molecule has 0 aromatic rings. The van der Waals surface area contributed by atoms with Gasteiger partial charge in [-0.2, -0.15) is 0 Å². The summed E-state index contributed by atoms with van der Waals surface area (Å²) in [5.41, 5.74) is 0. The van der Waals surface area contributed by atoms with Gasteiger partial charge in [0.1, 0.15) is 0 Å². The largest absolute Gasteiger partial charge is 0.396 e. The molecule has 0 aromatic carbocycles. The van der Waals surface area contributed by atoms with Gasteiger partial charge < -0.3 is 5.11 Å². The predicted molar refractivity (Wildman–Crippen MR) is 100 cm³/mol. The van der Waals surface area contributed by atoms with Crippen LogP contribution in [0.1, 0.15) is 123 Å². The van der Waals surface area contributed by atoms with Crippen molar-refractivity contribution in [2.24, 2.45) is 5.92 Å². The summed E-state index contributed by atoms with van der Waals surface area (Å²) < 4.78 is 0. The summed E-state index contributed by atoms with van der Waals surface area (Å²) in [4.78, 5) is 0. The standard InChI is InChI=1S/C21H44O/c1-3-5-18-21(4-2)19-16-14-12-10-8-6-7-9-11-13-15-17-20-22/h21-22H,3-20H2,1-2H3. The molecule has 0 saturated heterocycles. The Bertz CT molecular complexity index is 190. The van der Waals surface area contributed by atoms with Gasteiger partial charge in [0, 0.05) is 6.61 Å². The average molecular weight is 313 g/mol. The third-order valence-electron chi connectivity index (χ3n) is 5.06. The highest BCUT2D eigenvalue weighted by Gasteiger charge is 2.04. The van der Waals surface area contributed by atoms with E-state index in [1.165, 1.54) is 103 Å². The fourth-order valence-corrected chi connectivity index (χ4v) is 3.36. The maximum absolute atomic E-state index is 8.71. The van der Waals surface area contributed by atoms with E-state index in [0.717, 1.165) is 12.3 Å². The third-order valence-corrected chi connectivity index (χ3v) is 5.06. The van der Waals surface area contributed by atoms with Crippen LogP contribution in [0, 0.1) is 5.92 Å². The first-order valence-corrected chi connectivity index (χ1v) is 10.5. The quantitative estimate of drug-likeness (QED) is 0.264. The van der Waals surface area contributed by atoms with E-state index in [0.29, 0.717) is 6.61 Å². The molecule has 1 unspecified atom stereocenters. The van der Waals surface area contributed by atoms with E-state index in [2.05, 4.69) is 13.8 Å². The summed E-state index contributed by atoms with van der Waals surface area (Å²) in [5.74, 6) is 1.01. The van der Waals surface area contributed by atoms with Crippen molar-refractivity contribution in [3.8, 4) is 0 Å². The highest BCUT2D eigenvalue weighted by atomic mass is 16.2. The highest BCUT2D eigenvalue weighted by Crippen LogP contribution is 2.20. The lowest BCUT2D eigenvalue weighted by atomic mass is 9.93. The Kier molecular flexibility index (Phi) is 19.0. The van der Waals surface area contributed by atoms with Crippen LogP contribution in [0.25, 0.3) is 0 Å². The average Bonchev–Trinajstić information content (AvgIpc) is 2.54. The Morgan fingerprint density at radius 1 is 0.545 bits per heavy atom. The van der Waals surface area contributed by atoms with Crippen LogP contribution in [-0.4, -0.2) is 11.7 Å². The van der Waals surface area contributed by atoms with Crippen LogP contribution in [0.5, 0.6) is 0 Å². The lowest BCUT2D eigenvalue weighted by Gasteiger charge is -2.13. The number of hydrogen-bond donors (Lipinski definition) is 1. The second-order valence-corrected chi connectivity index (χ2v) is 7.17. The zero-order valence-corrected chi connectivity index (χ0v) is 15.8. The van der Waals surface area contributed by atoms with Gasteiger partial charge in [-0.15, -0.1) is 0 Å². The van der Waals surface area contributed by atoms with Crippen molar-refractivity contribution in [2.45, 2.75) is 123 Å². The molecule has 22 heavy (non-hydrogen) atoms. The molecule has 0 aliphatic rings. The van der Waals surface area contributed by atoms with Gasteiger partial charge >= 0.3 is 0 Å². The van der Waals surface area contributed by atoms with E-state index >= 15 is 0 Å². The lowest BCUT2D eigenvalue weighted by Crippen LogP contribution is -1.98. The van der Waals surface area contributed by atoms with Crippen molar-refractivity contribution in [3.05, 3.63) is 0 Å². The van der Waals surface area contributed by atoms with Gasteiger partial charge in [-0.1, -0.05) is 117 Å². The molecule has 0 aromatic heterocycles. The van der Waals surface area contributed by atoms with Crippen LogP contribution < -0.4 is 0 Å². The summed E-state index contributed by atoms with van der Waals surface area (Å²) >= 11 is 0. The van der Waals surface area contributed by atoms with E-state index in [1.54, 1.807) is 0 Å². The van der Waals surface area contributed by atoms with Crippen LogP contribution in [0.4, 0.5) is 0 Å². The molecule has 0 saturated carbocycles. The molecule has 0 amide bonds. The Morgan fingerprint density at radius 2 is 0.955 bits per heavy atom. The van der Waals surface area contributed by atoms with Crippen LogP contribution in [0.2, 0.25) is 0 Å². The van der Waals surface area contributed by atoms with Crippen LogP contribution in [-0.2, 0) is 0 Å². The van der Waals surface area contributed by atoms with E-state index in [1.807, 2.05) is 0 Å². The van der Waals surface area contributed by atoms with Gasteiger partial charge in [0.25, 0.3) is 0 Å². The highest BCUT2D eigenvalue weighted by molar-refractivity contribution is 4.58. The molecule has 0 bridgehead atoms. The lowest BCUT2D eigenvalue weighted by molar-refractivity contribution is 0.282. The maximum Gasteiger partial charge on any atom is 0.0431 e. The van der Waals surface area contributed by atoms with E-state index < -0.39 is 0 Å². The first-order chi connectivity index (χ1) is 10.8. The fourth-order valence-electron chi connectivity index (χ4n) is 3.36. The summed E-state index contributed by atoms with van der Waals surface area (Å²) in [6, 6.07) is 0. The van der Waals surface area contributed by atoms with Gasteiger partial charge in [0.2, 0.25) is 0 Å². The molecule has 0 radical (unpaired) electrons. The van der Waals surface area contributed by atoms with Crippen molar-refractivity contribution < 1.29 is 5.11 Å². The molecule has 1 N–H and O–H groups in total. The van der Waals surface area contributed by atoms with E-state index in [-0.39, 0.29) is 0 Å². The molecule has 1 atom stereocenters. The minimum Gasteiger partial charge on any atom is -0.396 e. The molecule has 0 aliphatic heterocycles. The topological polar surface area (TPSA) is 20.2 Å². The van der Waals surface area contributed by atoms with E-state index in [4.69, 9.17) is 5.11 Å².